The van der Waals surface area contributed by atoms with Crippen LogP contribution in [0.5, 0.6) is 11.5 Å². The van der Waals surface area contributed by atoms with Gasteiger partial charge in [0.15, 0.2) is 11.5 Å². The summed E-state index contributed by atoms with van der Waals surface area (Å²) >= 11 is 0. The number of likely N-dealkylation sites (tertiary alicyclic amines) is 1. The third kappa shape index (κ3) is 4.31. The van der Waals surface area contributed by atoms with Gasteiger partial charge in [-0.3, -0.25) is 4.79 Å². The molecule has 2 atom stereocenters. The predicted octanol–water partition coefficient (Wildman–Crippen LogP) is 3.94. The molecule has 0 bridgehead atoms. The molecule has 3 rings (SSSR count). The summed E-state index contributed by atoms with van der Waals surface area (Å²) in [6.45, 7) is 2.11. The van der Waals surface area contributed by atoms with Crippen molar-refractivity contribution in [1.29, 1.82) is 0 Å². The van der Waals surface area contributed by atoms with E-state index in [-0.39, 0.29) is 31.5 Å². The molecule has 32 heavy (non-hydrogen) atoms. The number of ether oxygens (including phenoxy) is 2. The molecule has 1 saturated heterocycles. The largest absolute Gasteiger partial charge is 0.521 e. The average Bonchev–Trinajstić information content (AvgIpc) is 3.21. The molecular formula is C24H29N2O6+. The molecule has 2 aromatic carbocycles. The first-order chi connectivity index (χ1) is 15.3. The summed E-state index contributed by atoms with van der Waals surface area (Å²) in [5.74, 6) is 0.279. The Bertz CT molecular complexity index is 993. The number of rotatable bonds is 7. The number of methoxy groups -OCH3 is 2. The van der Waals surface area contributed by atoms with Gasteiger partial charge in [0.2, 0.25) is 0 Å². The van der Waals surface area contributed by atoms with E-state index in [9.17, 15) is 19.5 Å². The van der Waals surface area contributed by atoms with E-state index in [4.69, 9.17) is 9.47 Å². The highest BCUT2D eigenvalue weighted by molar-refractivity contribution is 6.06. The van der Waals surface area contributed by atoms with E-state index in [2.05, 4.69) is 0 Å². The Morgan fingerprint density at radius 2 is 1.75 bits per heavy atom. The van der Waals surface area contributed by atoms with E-state index in [1.807, 2.05) is 6.07 Å². The van der Waals surface area contributed by atoms with Crippen LogP contribution in [0.4, 0.5) is 10.5 Å². The zero-order chi connectivity index (χ0) is 23.3. The number of quaternary nitrogens is 1. The summed E-state index contributed by atoms with van der Waals surface area (Å²) in [7, 11) is 3.03. The lowest BCUT2D eigenvalue weighted by molar-refractivity contribution is -0.792. The summed E-state index contributed by atoms with van der Waals surface area (Å²) in [6, 6.07) is 13.5. The van der Waals surface area contributed by atoms with Crippen LogP contribution in [-0.4, -0.2) is 60.8 Å². The van der Waals surface area contributed by atoms with Crippen molar-refractivity contribution >= 4 is 23.6 Å². The molecule has 8 heteroatoms. The van der Waals surface area contributed by atoms with Gasteiger partial charge in [-0.05, 0) is 31.2 Å². The number of hydrogen-bond donors (Lipinski definition) is 1. The maximum absolute atomic E-state index is 13.3. The highest BCUT2D eigenvalue weighted by atomic mass is 16.5. The maximum atomic E-state index is 13.3. The molecule has 0 radical (unpaired) electrons. The number of amides is 3. The van der Waals surface area contributed by atoms with Gasteiger partial charge in [0.1, 0.15) is 6.04 Å². The van der Waals surface area contributed by atoms with Crippen molar-refractivity contribution in [2.45, 2.75) is 32.2 Å². The molecule has 0 aliphatic carbocycles. The molecule has 1 aliphatic heterocycles. The van der Waals surface area contributed by atoms with Gasteiger partial charge >= 0.3 is 12.0 Å². The summed E-state index contributed by atoms with van der Waals surface area (Å²) in [5, 5.41) is 9.84. The van der Waals surface area contributed by atoms with Crippen LogP contribution in [0.1, 0.15) is 36.5 Å². The fourth-order valence-electron chi connectivity index (χ4n) is 4.32. The average molecular weight is 442 g/mol. The second kappa shape index (κ2) is 9.82. The minimum Gasteiger partial charge on any atom is -0.493 e. The number of carbonyl (C=O) groups excluding carboxylic acids is 2. The second-order valence-electron chi connectivity index (χ2n) is 7.87. The van der Waals surface area contributed by atoms with Crippen LogP contribution in [0.25, 0.3) is 0 Å². The van der Waals surface area contributed by atoms with Gasteiger partial charge < -0.3 is 19.5 Å². The highest BCUT2D eigenvalue weighted by Crippen LogP contribution is 2.33. The van der Waals surface area contributed by atoms with Crippen LogP contribution in [0.3, 0.4) is 0 Å². The summed E-state index contributed by atoms with van der Waals surface area (Å²) in [6.07, 6.45) is 0.151. The van der Waals surface area contributed by atoms with Crippen molar-refractivity contribution in [2.75, 3.05) is 32.2 Å². The van der Waals surface area contributed by atoms with E-state index >= 15 is 0 Å². The highest BCUT2D eigenvalue weighted by Gasteiger charge is 2.52. The van der Waals surface area contributed by atoms with Gasteiger partial charge in [-0.25, -0.2) is 4.79 Å². The van der Waals surface area contributed by atoms with Crippen molar-refractivity contribution in [3.63, 3.8) is 0 Å². The zero-order valence-corrected chi connectivity index (χ0v) is 18.6. The third-order valence-corrected chi connectivity index (χ3v) is 6.17. The van der Waals surface area contributed by atoms with Gasteiger partial charge in [-0.1, -0.05) is 18.2 Å². The SMILES string of the molecule is COc1ccc(N(CCC(=O)[N+]2(C(=O)O)CCC[C@H]2C)C(=O)c2ccccc2)cc1OC. The minimum absolute atomic E-state index is 0.0437. The third-order valence-electron chi connectivity index (χ3n) is 6.17. The number of imide groups is 1. The van der Waals surface area contributed by atoms with Gasteiger partial charge in [0.05, 0.1) is 27.2 Å². The molecule has 0 spiro atoms. The predicted molar refractivity (Wildman–Crippen MR) is 119 cm³/mol. The van der Waals surface area contributed by atoms with Crippen molar-refractivity contribution in [1.82, 2.24) is 0 Å². The molecular weight excluding hydrogens is 412 g/mol. The summed E-state index contributed by atoms with van der Waals surface area (Å²) in [4.78, 5) is 40.0. The van der Waals surface area contributed by atoms with E-state index in [0.29, 0.717) is 35.6 Å². The van der Waals surface area contributed by atoms with Crippen molar-refractivity contribution in [3.8, 4) is 11.5 Å². The number of anilines is 1. The van der Waals surface area contributed by atoms with E-state index in [1.165, 1.54) is 19.1 Å². The lowest BCUT2D eigenvalue weighted by Crippen LogP contribution is -2.59. The van der Waals surface area contributed by atoms with Crippen LogP contribution in [-0.2, 0) is 4.79 Å². The Morgan fingerprint density at radius 1 is 1.06 bits per heavy atom. The number of hydrogen-bond acceptors (Lipinski definition) is 5. The quantitative estimate of drug-likeness (QED) is 0.654. The van der Waals surface area contributed by atoms with Crippen LogP contribution in [0.2, 0.25) is 0 Å². The second-order valence-corrected chi connectivity index (χ2v) is 7.87. The van der Waals surface area contributed by atoms with E-state index in [1.54, 1.807) is 49.4 Å². The molecule has 1 N–H and O–H groups in total. The minimum atomic E-state index is -1.13. The van der Waals surface area contributed by atoms with Crippen LogP contribution < -0.4 is 14.4 Å². The molecule has 170 valence electrons. The molecule has 2 aromatic rings. The van der Waals surface area contributed by atoms with Crippen LogP contribution in [0, 0.1) is 0 Å². The Morgan fingerprint density at radius 3 is 2.31 bits per heavy atom. The normalized spacial score (nSPS) is 19.9. The first-order valence-corrected chi connectivity index (χ1v) is 10.6. The summed E-state index contributed by atoms with van der Waals surface area (Å²) in [5.41, 5.74) is 0.993. The topological polar surface area (TPSA) is 93.1 Å². The first-order valence-electron chi connectivity index (χ1n) is 10.6. The fraction of sp³-hybridized carbons (Fsp3) is 0.375. The monoisotopic (exact) mass is 441 g/mol. The number of carboxylic acid groups (broad SMARTS) is 1. The number of nitrogens with zero attached hydrogens (tertiary/aromatic N) is 2. The Balaban J connectivity index is 1.92. The molecule has 1 unspecified atom stereocenters. The first kappa shape index (κ1) is 23.3. The Labute approximate surface area is 187 Å². The summed E-state index contributed by atoms with van der Waals surface area (Å²) < 4.78 is 10.1. The standard InChI is InChI=1S/C24H28N2O6/c1-17-8-7-15-26(17,24(29)30)22(27)13-14-25(23(28)18-9-5-4-6-10-18)19-11-12-20(31-2)21(16-19)32-3/h4-6,9-12,16-17H,7-8,13-15H2,1-3H3/p+1/t17-,26?/m1/s1. The van der Waals surface area contributed by atoms with Gasteiger partial charge in [0, 0.05) is 36.7 Å². The van der Waals surface area contributed by atoms with Crippen molar-refractivity contribution in [2.24, 2.45) is 0 Å². The van der Waals surface area contributed by atoms with Crippen LogP contribution in [0.15, 0.2) is 48.5 Å². The smallest absolute Gasteiger partial charge is 0.493 e. The maximum Gasteiger partial charge on any atom is 0.521 e. The van der Waals surface area contributed by atoms with E-state index < -0.39 is 16.5 Å². The van der Waals surface area contributed by atoms with Crippen molar-refractivity contribution in [3.05, 3.63) is 54.1 Å². The molecule has 0 saturated carbocycles. The Kier molecular flexibility index (Phi) is 7.15. The van der Waals surface area contributed by atoms with Crippen LogP contribution >= 0.6 is 0 Å². The Hall–Kier alpha value is -3.39. The molecule has 1 aliphatic rings. The molecule has 8 nitrogen and oxygen atoms in total. The molecule has 0 aromatic heterocycles. The molecule has 1 fully saturated rings. The fourth-order valence-corrected chi connectivity index (χ4v) is 4.32. The number of benzene rings is 2. The molecule has 1 heterocycles. The van der Waals surface area contributed by atoms with E-state index in [0.717, 1.165) is 0 Å². The lowest BCUT2D eigenvalue weighted by atomic mass is 10.1. The molecule has 3 amide bonds. The number of carbonyl (C=O) groups is 3. The van der Waals surface area contributed by atoms with Gasteiger partial charge in [0.25, 0.3) is 5.91 Å². The van der Waals surface area contributed by atoms with Gasteiger partial charge in [-0.15, -0.1) is 0 Å². The lowest BCUT2D eigenvalue weighted by Gasteiger charge is -2.31. The van der Waals surface area contributed by atoms with Crippen molar-refractivity contribution < 1.29 is 33.4 Å². The zero-order valence-electron chi connectivity index (χ0n) is 18.6. The van der Waals surface area contributed by atoms with Gasteiger partial charge in [-0.2, -0.15) is 9.28 Å².